The molecule has 1 heterocycles. The Hall–Kier alpha value is -1.69. The first-order valence-electron chi connectivity index (χ1n) is 5.94. The zero-order valence-corrected chi connectivity index (χ0v) is 10.9. The molecule has 1 aromatic rings. The van der Waals surface area contributed by atoms with Crippen molar-refractivity contribution in [3.63, 3.8) is 0 Å². The molecule has 18 heavy (non-hydrogen) atoms. The first kappa shape index (κ1) is 14.4. The molecular formula is C12H19N3O3. The molecule has 0 radical (unpaired) electrons. The van der Waals surface area contributed by atoms with Crippen molar-refractivity contribution >= 4 is 11.8 Å². The second-order valence-corrected chi connectivity index (χ2v) is 4.25. The summed E-state index contributed by atoms with van der Waals surface area (Å²) in [6, 6.07) is 0.0725. The van der Waals surface area contributed by atoms with Crippen molar-refractivity contribution in [3.8, 4) is 0 Å². The summed E-state index contributed by atoms with van der Waals surface area (Å²) < 4.78 is 5.38. The van der Waals surface area contributed by atoms with E-state index in [4.69, 9.17) is 9.84 Å². The fourth-order valence-electron chi connectivity index (χ4n) is 1.37. The van der Waals surface area contributed by atoms with Gasteiger partial charge < -0.3 is 15.2 Å². The van der Waals surface area contributed by atoms with Gasteiger partial charge >= 0.3 is 5.97 Å². The van der Waals surface area contributed by atoms with E-state index < -0.39 is 5.97 Å². The summed E-state index contributed by atoms with van der Waals surface area (Å²) in [6.07, 6.45) is 2.73. The summed E-state index contributed by atoms with van der Waals surface area (Å²) in [5, 5.41) is 12.0. The van der Waals surface area contributed by atoms with Crippen LogP contribution in [-0.4, -0.2) is 40.3 Å². The molecule has 0 bridgehead atoms. The minimum atomic E-state index is -1.09. The standard InChI is InChI=1S/C12H19N3O3/c1-4-18-7-10(8(2)3)15-11-6-13-5-9(14-11)12(16)17/h5-6,8,10H,4,7H2,1-3H3,(H,14,15)(H,16,17). The van der Waals surface area contributed by atoms with Crippen LogP contribution in [0.4, 0.5) is 5.82 Å². The van der Waals surface area contributed by atoms with Crippen molar-refractivity contribution in [2.24, 2.45) is 5.92 Å². The molecule has 0 aliphatic carbocycles. The quantitative estimate of drug-likeness (QED) is 0.768. The molecular weight excluding hydrogens is 234 g/mol. The molecule has 0 spiro atoms. The molecule has 0 fully saturated rings. The van der Waals surface area contributed by atoms with Crippen molar-refractivity contribution in [3.05, 3.63) is 18.1 Å². The number of aromatic carboxylic acids is 1. The fraction of sp³-hybridized carbons (Fsp3) is 0.583. The summed E-state index contributed by atoms with van der Waals surface area (Å²) in [6.45, 7) is 7.25. The minimum absolute atomic E-state index is 0.0704. The van der Waals surface area contributed by atoms with Crippen LogP contribution in [-0.2, 0) is 4.74 Å². The summed E-state index contributed by atoms with van der Waals surface area (Å²) in [4.78, 5) is 18.6. The molecule has 0 saturated carbocycles. The third-order valence-corrected chi connectivity index (χ3v) is 2.49. The average Bonchev–Trinajstić information content (AvgIpc) is 2.34. The van der Waals surface area contributed by atoms with Gasteiger partial charge in [-0.1, -0.05) is 13.8 Å². The van der Waals surface area contributed by atoms with E-state index in [1.807, 2.05) is 6.92 Å². The van der Waals surface area contributed by atoms with Gasteiger partial charge in [0.1, 0.15) is 5.82 Å². The van der Waals surface area contributed by atoms with Crippen LogP contribution in [0.25, 0.3) is 0 Å². The smallest absolute Gasteiger partial charge is 0.356 e. The zero-order valence-electron chi connectivity index (χ0n) is 10.9. The summed E-state index contributed by atoms with van der Waals surface area (Å²) in [5.74, 6) is -0.294. The summed E-state index contributed by atoms with van der Waals surface area (Å²) >= 11 is 0. The lowest BCUT2D eigenvalue weighted by atomic mass is 10.1. The highest BCUT2D eigenvalue weighted by Crippen LogP contribution is 2.10. The number of anilines is 1. The molecule has 1 atom stereocenters. The van der Waals surface area contributed by atoms with E-state index in [0.717, 1.165) is 0 Å². The van der Waals surface area contributed by atoms with E-state index in [9.17, 15) is 4.79 Å². The molecule has 0 aromatic carbocycles. The Morgan fingerprint density at radius 3 is 2.78 bits per heavy atom. The first-order valence-corrected chi connectivity index (χ1v) is 5.94. The number of rotatable bonds is 7. The van der Waals surface area contributed by atoms with Crippen LogP contribution in [0.15, 0.2) is 12.4 Å². The fourth-order valence-corrected chi connectivity index (χ4v) is 1.37. The number of aromatic nitrogens is 2. The van der Waals surface area contributed by atoms with Gasteiger partial charge in [0.2, 0.25) is 0 Å². The largest absolute Gasteiger partial charge is 0.476 e. The predicted molar refractivity (Wildman–Crippen MR) is 67.7 cm³/mol. The number of carboxylic acid groups (broad SMARTS) is 1. The molecule has 0 amide bonds. The van der Waals surface area contributed by atoms with Gasteiger partial charge in [0, 0.05) is 6.61 Å². The average molecular weight is 253 g/mol. The normalized spacial score (nSPS) is 12.4. The van der Waals surface area contributed by atoms with Crippen molar-refractivity contribution in [1.29, 1.82) is 0 Å². The van der Waals surface area contributed by atoms with Crippen molar-refractivity contribution in [1.82, 2.24) is 9.97 Å². The molecule has 6 heteroatoms. The topological polar surface area (TPSA) is 84.3 Å². The van der Waals surface area contributed by atoms with Gasteiger partial charge in [0.05, 0.1) is 25.0 Å². The number of nitrogens with one attached hydrogen (secondary N) is 1. The van der Waals surface area contributed by atoms with E-state index in [2.05, 4.69) is 29.1 Å². The maximum absolute atomic E-state index is 10.8. The lowest BCUT2D eigenvalue weighted by molar-refractivity contribution is 0.0690. The Bertz CT molecular complexity index is 396. The highest BCUT2D eigenvalue weighted by atomic mass is 16.5. The summed E-state index contributed by atoms with van der Waals surface area (Å²) in [7, 11) is 0. The molecule has 0 aliphatic heterocycles. The van der Waals surface area contributed by atoms with Gasteiger partial charge in [0.15, 0.2) is 5.69 Å². The lowest BCUT2D eigenvalue weighted by Gasteiger charge is -2.22. The van der Waals surface area contributed by atoms with Crippen LogP contribution in [0.2, 0.25) is 0 Å². The SMILES string of the molecule is CCOCC(Nc1cncc(C(=O)O)n1)C(C)C. The number of carbonyl (C=O) groups is 1. The Morgan fingerprint density at radius 2 is 2.22 bits per heavy atom. The van der Waals surface area contributed by atoms with Gasteiger partial charge in [-0.25, -0.2) is 9.78 Å². The number of nitrogens with zero attached hydrogens (tertiary/aromatic N) is 2. The third-order valence-electron chi connectivity index (χ3n) is 2.49. The van der Waals surface area contributed by atoms with E-state index in [-0.39, 0.29) is 11.7 Å². The second kappa shape index (κ2) is 6.90. The minimum Gasteiger partial charge on any atom is -0.476 e. The molecule has 1 rings (SSSR count). The van der Waals surface area contributed by atoms with Crippen molar-refractivity contribution < 1.29 is 14.6 Å². The van der Waals surface area contributed by atoms with Gasteiger partial charge in [-0.2, -0.15) is 0 Å². The van der Waals surface area contributed by atoms with E-state index in [1.54, 1.807) is 0 Å². The molecule has 1 unspecified atom stereocenters. The Balaban J connectivity index is 2.73. The lowest BCUT2D eigenvalue weighted by Crippen LogP contribution is -2.31. The second-order valence-electron chi connectivity index (χ2n) is 4.25. The molecule has 0 aliphatic rings. The van der Waals surface area contributed by atoms with Crippen LogP contribution in [0.3, 0.4) is 0 Å². The van der Waals surface area contributed by atoms with Crippen LogP contribution >= 0.6 is 0 Å². The van der Waals surface area contributed by atoms with Gasteiger partial charge in [0.25, 0.3) is 0 Å². The van der Waals surface area contributed by atoms with E-state index in [1.165, 1.54) is 12.4 Å². The van der Waals surface area contributed by atoms with Crippen molar-refractivity contribution in [2.45, 2.75) is 26.8 Å². The van der Waals surface area contributed by atoms with Crippen LogP contribution in [0, 0.1) is 5.92 Å². The Morgan fingerprint density at radius 1 is 1.50 bits per heavy atom. The van der Waals surface area contributed by atoms with E-state index >= 15 is 0 Å². The van der Waals surface area contributed by atoms with E-state index in [0.29, 0.717) is 24.9 Å². The molecule has 100 valence electrons. The van der Waals surface area contributed by atoms with Crippen LogP contribution in [0.5, 0.6) is 0 Å². The highest BCUT2D eigenvalue weighted by Gasteiger charge is 2.15. The molecule has 1 aromatic heterocycles. The zero-order chi connectivity index (χ0) is 13.5. The van der Waals surface area contributed by atoms with Gasteiger partial charge in [-0.3, -0.25) is 4.98 Å². The molecule has 0 saturated heterocycles. The summed E-state index contributed by atoms with van der Waals surface area (Å²) in [5.41, 5.74) is -0.0704. The maximum Gasteiger partial charge on any atom is 0.356 e. The number of ether oxygens (including phenoxy) is 1. The molecule has 6 nitrogen and oxygen atoms in total. The monoisotopic (exact) mass is 253 g/mol. The predicted octanol–water partition coefficient (Wildman–Crippen LogP) is 1.65. The number of hydrogen-bond donors (Lipinski definition) is 2. The van der Waals surface area contributed by atoms with Gasteiger partial charge in [-0.05, 0) is 12.8 Å². The van der Waals surface area contributed by atoms with Crippen LogP contribution < -0.4 is 5.32 Å². The van der Waals surface area contributed by atoms with Crippen molar-refractivity contribution in [2.75, 3.05) is 18.5 Å². The maximum atomic E-state index is 10.8. The number of carboxylic acids is 1. The third kappa shape index (κ3) is 4.29. The molecule has 2 N–H and O–H groups in total. The van der Waals surface area contributed by atoms with Crippen LogP contribution in [0.1, 0.15) is 31.3 Å². The Labute approximate surface area is 106 Å². The first-order chi connectivity index (χ1) is 8.54. The highest BCUT2D eigenvalue weighted by molar-refractivity contribution is 5.85. The van der Waals surface area contributed by atoms with Gasteiger partial charge in [-0.15, -0.1) is 0 Å². The number of hydrogen-bond acceptors (Lipinski definition) is 5. The Kier molecular flexibility index (Phi) is 5.51.